The zero-order chi connectivity index (χ0) is 23.3. The third-order valence-corrected chi connectivity index (χ3v) is 6.81. The molecule has 5 nitrogen and oxygen atoms in total. The maximum Gasteiger partial charge on any atom is 0.347 e. The van der Waals surface area contributed by atoms with Crippen molar-refractivity contribution in [3.05, 3.63) is 58.6 Å². The Hall–Kier alpha value is -2.38. The van der Waals surface area contributed by atoms with E-state index in [0.29, 0.717) is 12.4 Å². The number of aromatic nitrogens is 2. The van der Waals surface area contributed by atoms with Crippen LogP contribution in [0.1, 0.15) is 50.8 Å². The Morgan fingerprint density at radius 3 is 2.50 bits per heavy atom. The Kier molecular flexibility index (Phi) is 7.96. The molecule has 170 valence electrons. The Balaban J connectivity index is 1.60. The maximum absolute atomic E-state index is 11.8. The van der Waals surface area contributed by atoms with Gasteiger partial charge in [-0.25, -0.2) is 9.78 Å². The van der Waals surface area contributed by atoms with E-state index in [1.807, 2.05) is 19.1 Å². The molecule has 2 aromatic carbocycles. The molecule has 0 saturated carbocycles. The zero-order valence-corrected chi connectivity index (χ0v) is 21.1. The van der Waals surface area contributed by atoms with Gasteiger partial charge in [-0.2, -0.15) is 4.37 Å². The third kappa shape index (κ3) is 6.33. The summed E-state index contributed by atoms with van der Waals surface area (Å²) in [5, 5.41) is 0.985. The average Bonchev–Trinajstić information content (AvgIpc) is 3.22. The number of carbonyl (C=O) groups is 1. The summed E-state index contributed by atoms with van der Waals surface area (Å²) < 4.78 is 15.3. The van der Waals surface area contributed by atoms with E-state index in [0.717, 1.165) is 32.6 Å². The van der Waals surface area contributed by atoms with E-state index in [1.54, 1.807) is 25.6 Å². The van der Waals surface area contributed by atoms with E-state index in [4.69, 9.17) is 14.5 Å². The summed E-state index contributed by atoms with van der Waals surface area (Å²) in [7, 11) is 0. The van der Waals surface area contributed by atoms with Crippen LogP contribution in [-0.4, -0.2) is 28.0 Å². The van der Waals surface area contributed by atoms with Crippen molar-refractivity contribution in [2.45, 2.75) is 63.7 Å². The number of hydrogen-bond donors (Lipinski definition) is 0. The predicted octanol–water partition coefficient (Wildman–Crippen LogP) is 6.43. The first kappa shape index (κ1) is 24.3. The van der Waals surface area contributed by atoms with Gasteiger partial charge in [-0.15, -0.1) is 11.8 Å². The second-order valence-electron chi connectivity index (χ2n) is 8.57. The van der Waals surface area contributed by atoms with E-state index in [9.17, 15) is 4.79 Å². The van der Waals surface area contributed by atoms with Crippen LogP contribution in [0.3, 0.4) is 0 Å². The minimum Gasteiger partial charge on any atom is -0.479 e. The van der Waals surface area contributed by atoms with Crippen LogP contribution in [0.25, 0.3) is 11.4 Å². The minimum atomic E-state index is -0.635. The summed E-state index contributed by atoms with van der Waals surface area (Å²) in [5.41, 5.74) is 3.44. The summed E-state index contributed by atoms with van der Waals surface area (Å²) in [6.07, 6.45) is -0.635. The van der Waals surface area contributed by atoms with Crippen molar-refractivity contribution in [3.8, 4) is 17.1 Å². The molecule has 1 unspecified atom stereocenters. The number of thioether (sulfide) groups is 1. The van der Waals surface area contributed by atoms with Gasteiger partial charge in [0, 0.05) is 10.5 Å². The minimum absolute atomic E-state index is 0.130. The topological polar surface area (TPSA) is 61.3 Å². The summed E-state index contributed by atoms with van der Waals surface area (Å²) in [6.45, 7) is 12.4. The van der Waals surface area contributed by atoms with Crippen LogP contribution in [0, 0.1) is 6.92 Å². The van der Waals surface area contributed by atoms with Gasteiger partial charge in [-0.1, -0.05) is 45.0 Å². The number of aryl methyl sites for hydroxylation is 1. The molecular weight excluding hydrogens is 440 g/mol. The lowest BCUT2D eigenvalue weighted by Crippen LogP contribution is -2.26. The summed E-state index contributed by atoms with van der Waals surface area (Å²) >= 11 is 3.14. The molecule has 1 aromatic heterocycles. The molecule has 0 aliphatic rings. The molecule has 0 amide bonds. The average molecular weight is 471 g/mol. The molecule has 3 rings (SSSR count). The van der Waals surface area contributed by atoms with Crippen molar-refractivity contribution >= 4 is 29.3 Å². The van der Waals surface area contributed by atoms with Gasteiger partial charge in [0.05, 0.1) is 12.4 Å². The molecular formula is C25H30N2O3S2. The Morgan fingerprint density at radius 2 is 1.88 bits per heavy atom. The lowest BCUT2D eigenvalue weighted by molar-refractivity contribution is -0.150. The van der Waals surface area contributed by atoms with E-state index >= 15 is 0 Å². The predicted molar refractivity (Wildman–Crippen MR) is 132 cm³/mol. The molecule has 0 bridgehead atoms. The highest BCUT2D eigenvalue weighted by atomic mass is 32.2. The quantitative estimate of drug-likeness (QED) is 0.279. The van der Waals surface area contributed by atoms with Gasteiger partial charge < -0.3 is 9.47 Å². The highest BCUT2D eigenvalue weighted by Crippen LogP contribution is 2.30. The van der Waals surface area contributed by atoms with E-state index in [1.165, 1.54) is 17.1 Å². The van der Waals surface area contributed by atoms with Crippen LogP contribution in [0.15, 0.2) is 47.4 Å². The number of hydrogen-bond acceptors (Lipinski definition) is 7. The molecule has 0 aliphatic heterocycles. The lowest BCUT2D eigenvalue weighted by atomic mass is 9.87. The van der Waals surface area contributed by atoms with Crippen molar-refractivity contribution in [2.24, 2.45) is 0 Å². The molecule has 0 fully saturated rings. The van der Waals surface area contributed by atoms with Crippen LogP contribution in [0.4, 0.5) is 0 Å². The van der Waals surface area contributed by atoms with E-state index < -0.39 is 6.10 Å². The Bertz CT molecular complexity index is 1060. The van der Waals surface area contributed by atoms with Crippen molar-refractivity contribution in [3.63, 3.8) is 0 Å². The first-order valence-corrected chi connectivity index (χ1v) is 12.4. The van der Waals surface area contributed by atoms with E-state index in [2.05, 4.69) is 55.5 Å². The zero-order valence-electron chi connectivity index (χ0n) is 19.5. The van der Waals surface area contributed by atoms with Crippen LogP contribution < -0.4 is 4.74 Å². The molecule has 0 spiro atoms. The van der Waals surface area contributed by atoms with Crippen LogP contribution in [0.5, 0.6) is 5.75 Å². The highest BCUT2D eigenvalue weighted by Gasteiger charge is 2.17. The summed E-state index contributed by atoms with van der Waals surface area (Å²) in [5.74, 6) is 1.85. The van der Waals surface area contributed by atoms with Gasteiger partial charge in [0.1, 0.15) is 10.8 Å². The van der Waals surface area contributed by atoms with Crippen LogP contribution in [-0.2, 0) is 20.7 Å². The number of nitrogens with zero attached hydrogens (tertiary/aromatic N) is 2. The van der Waals surface area contributed by atoms with Crippen LogP contribution in [0.2, 0.25) is 0 Å². The van der Waals surface area contributed by atoms with Gasteiger partial charge in [-0.05, 0) is 67.0 Å². The number of esters is 1. The molecule has 3 aromatic rings. The maximum atomic E-state index is 11.8. The molecule has 0 saturated heterocycles. The molecule has 7 heteroatoms. The summed E-state index contributed by atoms with van der Waals surface area (Å²) in [4.78, 5) is 17.6. The smallest absolute Gasteiger partial charge is 0.347 e. The van der Waals surface area contributed by atoms with Gasteiger partial charge in [0.15, 0.2) is 11.9 Å². The van der Waals surface area contributed by atoms with Crippen molar-refractivity contribution in [1.82, 2.24) is 9.36 Å². The fourth-order valence-electron chi connectivity index (χ4n) is 3.04. The Morgan fingerprint density at radius 1 is 1.16 bits per heavy atom. The molecule has 0 radical (unpaired) electrons. The van der Waals surface area contributed by atoms with Crippen molar-refractivity contribution in [2.75, 3.05) is 6.61 Å². The van der Waals surface area contributed by atoms with Crippen molar-refractivity contribution in [1.29, 1.82) is 0 Å². The normalized spacial score (nSPS) is 12.4. The monoisotopic (exact) mass is 470 g/mol. The fraction of sp³-hybridized carbons (Fsp3) is 0.400. The van der Waals surface area contributed by atoms with Gasteiger partial charge in [0.2, 0.25) is 0 Å². The van der Waals surface area contributed by atoms with E-state index in [-0.39, 0.29) is 11.4 Å². The van der Waals surface area contributed by atoms with Gasteiger partial charge >= 0.3 is 5.97 Å². The van der Waals surface area contributed by atoms with Crippen LogP contribution >= 0.6 is 23.3 Å². The lowest BCUT2D eigenvalue weighted by Gasteiger charge is -2.18. The first-order valence-electron chi connectivity index (χ1n) is 10.7. The fourth-order valence-corrected chi connectivity index (χ4v) is 4.67. The van der Waals surface area contributed by atoms with Crippen molar-refractivity contribution < 1.29 is 14.3 Å². The number of ether oxygens (including phenoxy) is 2. The van der Waals surface area contributed by atoms with Gasteiger partial charge in [-0.3, -0.25) is 0 Å². The second-order valence-corrected chi connectivity index (χ2v) is 10.5. The highest BCUT2D eigenvalue weighted by molar-refractivity contribution is 7.98. The van der Waals surface area contributed by atoms with Gasteiger partial charge in [0.25, 0.3) is 0 Å². The molecule has 0 aliphatic carbocycles. The molecule has 1 atom stereocenters. The number of rotatable bonds is 8. The molecule has 0 N–H and O–H groups in total. The largest absolute Gasteiger partial charge is 0.479 e. The first-order chi connectivity index (χ1) is 15.2. The molecule has 1 heterocycles. The number of carbonyl (C=O) groups excluding carboxylic acids is 1. The standard InChI is InChI=1S/C25H30N2O3S2/c1-7-29-24(28)17(3)30-21-13-12-20(14-16(21)2)31-15-22-26-23(27-32-22)18-8-10-19(11-9-18)25(4,5)6/h8-14,17H,7,15H2,1-6H3. The second kappa shape index (κ2) is 10.5. The SMILES string of the molecule is CCOC(=O)C(C)Oc1ccc(SCc2nc(-c3ccc(C(C)(C)C)cc3)ns2)cc1C. The Labute approximate surface area is 198 Å². The number of benzene rings is 2. The summed E-state index contributed by atoms with van der Waals surface area (Å²) in [6, 6.07) is 14.5. The third-order valence-electron chi connectivity index (χ3n) is 4.91. The molecule has 32 heavy (non-hydrogen) atoms.